The fourth-order valence-corrected chi connectivity index (χ4v) is 2.13. The Kier molecular flexibility index (Phi) is 4.32. The Balaban J connectivity index is 2.04. The smallest absolute Gasteiger partial charge is 0.252 e. The van der Waals surface area contributed by atoms with Crippen LogP contribution in [0.4, 0.5) is 4.39 Å². The lowest BCUT2D eigenvalue weighted by molar-refractivity contribution is 0.0950. The minimum Gasteiger partial charge on any atom is -0.348 e. The molecule has 0 heterocycles. The van der Waals surface area contributed by atoms with E-state index in [1.165, 1.54) is 6.07 Å². The molecule has 0 aromatic heterocycles. The van der Waals surface area contributed by atoms with Gasteiger partial charge in [0.2, 0.25) is 0 Å². The maximum atomic E-state index is 13.4. The monoisotopic (exact) mass is 321 g/mol. The van der Waals surface area contributed by atoms with Crippen molar-refractivity contribution < 1.29 is 9.18 Å². The third-order valence-electron chi connectivity index (χ3n) is 2.81. The minimum atomic E-state index is -0.257. The lowest BCUT2D eigenvalue weighted by Crippen LogP contribution is -2.23. The maximum Gasteiger partial charge on any atom is 0.252 e. The second-order valence-electron chi connectivity index (χ2n) is 4.25. The fourth-order valence-electron chi connectivity index (χ4n) is 1.67. The molecule has 0 radical (unpaired) electrons. The zero-order chi connectivity index (χ0) is 13.8. The molecule has 0 aliphatic heterocycles. The van der Waals surface area contributed by atoms with Crippen molar-refractivity contribution >= 4 is 21.8 Å². The van der Waals surface area contributed by atoms with Crippen LogP contribution in [-0.4, -0.2) is 5.91 Å². The molecule has 4 heteroatoms. The first-order valence-corrected chi connectivity index (χ1v) is 6.65. The highest BCUT2D eigenvalue weighted by Crippen LogP contribution is 2.16. The van der Waals surface area contributed by atoms with E-state index in [0.717, 1.165) is 10.0 Å². The third kappa shape index (κ3) is 3.41. The van der Waals surface area contributed by atoms with Crippen LogP contribution < -0.4 is 5.32 Å². The Morgan fingerprint density at radius 2 is 2.00 bits per heavy atom. The van der Waals surface area contributed by atoms with Crippen molar-refractivity contribution in [2.75, 3.05) is 0 Å². The van der Waals surface area contributed by atoms with E-state index >= 15 is 0 Å². The summed E-state index contributed by atoms with van der Waals surface area (Å²) in [7, 11) is 0. The summed E-state index contributed by atoms with van der Waals surface area (Å²) >= 11 is 3.32. The molecule has 0 unspecified atom stereocenters. The van der Waals surface area contributed by atoms with Crippen LogP contribution in [0.3, 0.4) is 0 Å². The Labute approximate surface area is 119 Å². The molecule has 1 amide bonds. The standard InChI is InChI=1S/C15H13BrFNO/c1-10-6-7-11(8-14(10)17)9-18-15(19)12-4-2-3-5-13(12)16/h2-8H,9H2,1H3,(H,18,19). The topological polar surface area (TPSA) is 29.1 Å². The van der Waals surface area contributed by atoms with E-state index in [4.69, 9.17) is 0 Å². The van der Waals surface area contributed by atoms with E-state index < -0.39 is 0 Å². The van der Waals surface area contributed by atoms with E-state index in [9.17, 15) is 9.18 Å². The molecule has 2 nitrogen and oxygen atoms in total. The molecule has 0 bridgehead atoms. The highest BCUT2D eigenvalue weighted by Gasteiger charge is 2.08. The van der Waals surface area contributed by atoms with Gasteiger partial charge in [-0.05, 0) is 52.2 Å². The van der Waals surface area contributed by atoms with Crippen molar-refractivity contribution in [2.24, 2.45) is 0 Å². The van der Waals surface area contributed by atoms with Gasteiger partial charge in [0.15, 0.2) is 0 Å². The fraction of sp³-hybridized carbons (Fsp3) is 0.133. The van der Waals surface area contributed by atoms with Gasteiger partial charge in [0.25, 0.3) is 5.91 Å². The number of carbonyl (C=O) groups is 1. The normalized spacial score (nSPS) is 10.3. The van der Waals surface area contributed by atoms with E-state index in [1.807, 2.05) is 6.07 Å². The predicted octanol–water partition coefficient (Wildman–Crippen LogP) is 3.83. The summed E-state index contributed by atoms with van der Waals surface area (Å²) in [5.41, 5.74) is 1.90. The zero-order valence-corrected chi connectivity index (χ0v) is 12.0. The van der Waals surface area contributed by atoms with Crippen molar-refractivity contribution in [3.05, 3.63) is 69.4 Å². The maximum absolute atomic E-state index is 13.4. The van der Waals surface area contributed by atoms with Gasteiger partial charge >= 0.3 is 0 Å². The molecule has 0 aliphatic rings. The van der Waals surface area contributed by atoms with Crippen LogP contribution in [0.5, 0.6) is 0 Å². The van der Waals surface area contributed by atoms with Crippen LogP contribution in [0.1, 0.15) is 21.5 Å². The molecule has 2 aromatic rings. The summed E-state index contributed by atoms with van der Waals surface area (Å²) < 4.78 is 14.1. The van der Waals surface area contributed by atoms with Gasteiger partial charge in [0, 0.05) is 11.0 Å². The van der Waals surface area contributed by atoms with Gasteiger partial charge in [0.05, 0.1) is 5.56 Å². The second-order valence-corrected chi connectivity index (χ2v) is 5.10. The number of carbonyl (C=O) groups excluding carboxylic acids is 1. The van der Waals surface area contributed by atoms with Crippen molar-refractivity contribution in [1.82, 2.24) is 5.32 Å². The molecule has 0 saturated heterocycles. The molecule has 98 valence electrons. The number of benzene rings is 2. The van der Waals surface area contributed by atoms with Crippen molar-refractivity contribution in [3.8, 4) is 0 Å². The largest absolute Gasteiger partial charge is 0.348 e. The van der Waals surface area contributed by atoms with Crippen LogP contribution >= 0.6 is 15.9 Å². The predicted molar refractivity (Wildman–Crippen MR) is 76.4 cm³/mol. The van der Waals surface area contributed by atoms with E-state index in [0.29, 0.717) is 17.7 Å². The van der Waals surface area contributed by atoms with E-state index in [-0.39, 0.29) is 11.7 Å². The molecule has 2 aromatic carbocycles. The number of amides is 1. The summed E-state index contributed by atoms with van der Waals surface area (Å²) in [4.78, 5) is 12.0. The summed E-state index contributed by atoms with van der Waals surface area (Å²) in [6.07, 6.45) is 0. The first kappa shape index (κ1) is 13.7. The Morgan fingerprint density at radius 3 is 2.68 bits per heavy atom. The molecule has 0 atom stereocenters. The Bertz CT molecular complexity index is 613. The first-order valence-electron chi connectivity index (χ1n) is 5.85. The molecule has 2 rings (SSSR count). The Morgan fingerprint density at radius 1 is 1.26 bits per heavy atom. The van der Waals surface area contributed by atoms with Gasteiger partial charge in [0.1, 0.15) is 5.82 Å². The number of hydrogen-bond acceptors (Lipinski definition) is 1. The molecule has 0 spiro atoms. The summed E-state index contributed by atoms with van der Waals surface area (Å²) in [6.45, 7) is 2.01. The van der Waals surface area contributed by atoms with E-state index in [2.05, 4.69) is 21.2 Å². The van der Waals surface area contributed by atoms with Gasteiger partial charge in [-0.25, -0.2) is 4.39 Å². The SMILES string of the molecule is Cc1ccc(CNC(=O)c2ccccc2Br)cc1F. The van der Waals surface area contributed by atoms with Crippen LogP contribution in [-0.2, 0) is 6.54 Å². The van der Waals surface area contributed by atoms with E-state index in [1.54, 1.807) is 37.3 Å². The highest BCUT2D eigenvalue weighted by molar-refractivity contribution is 9.10. The summed E-state index contributed by atoms with van der Waals surface area (Å²) in [5.74, 6) is -0.443. The van der Waals surface area contributed by atoms with Gasteiger partial charge in [-0.2, -0.15) is 0 Å². The number of halogens is 2. The van der Waals surface area contributed by atoms with Crippen molar-refractivity contribution in [3.63, 3.8) is 0 Å². The molecular weight excluding hydrogens is 309 g/mol. The summed E-state index contributed by atoms with van der Waals surface area (Å²) in [5, 5.41) is 2.77. The third-order valence-corrected chi connectivity index (χ3v) is 3.50. The van der Waals surface area contributed by atoms with Crippen LogP contribution in [0.2, 0.25) is 0 Å². The first-order chi connectivity index (χ1) is 9.08. The van der Waals surface area contributed by atoms with Crippen molar-refractivity contribution in [1.29, 1.82) is 0 Å². The van der Waals surface area contributed by atoms with Crippen LogP contribution in [0.25, 0.3) is 0 Å². The van der Waals surface area contributed by atoms with Gasteiger partial charge < -0.3 is 5.32 Å². The van der Waals surface area contributed by atoms with Gasteiger partial charge in [-0.1, -0.05) is 24.3 Å². The molecular formula is C15H13BrFNO. The second kappa shape index (κ2) is 5.97. The number of hydrogen-bond donors (Lipinski definition) is 1. The molecule has 0 saturated carbocycles. The quantitative estimate of drug-likeness (QED) is 0.914. The van der Waals surface area contributed by atoms with Crippen molar-refractivity contribution in [2.45, 2.75) is 13.5 Å². The zero-order valence-electron chi connectivity index (χ0n) is 10.4. The highest BCUT2D eigenvalue weighted by atomic mass is 79.9. The Hall–Kier alpha value is -1.68. The average Bonchev–Trinajstić information content (AvgIpc) is 2.40. The van der Waals surface area contributed by atoms with Gasteiger partial charge in [-0.3, -0.25) is 4.79 Å². The van der Waals surface area contributed by atoms with Crippen LogP contribution in [0.15, 0.2) is 46.9 Å². The summed E-state index contributed by atoms with van der Waals surface area (Å²) in [6, 6.07) is 12.1. The molecule has 19 heavy (non-hydrogen) atoms. The molecule has 1 N–H and O–H groups in total. The lowest BCUT2D eigenvalue weighted by Gasteiger charge is -2.07. The minimum absolute atomic E-state index is 0.187. The molecule has 0 fully saturated rings. The number of aryl methyl sites for hydroxylation is 1. The lowest BCUT2D eigenvalue weighted by atomic mass is 10.1. The number of nitrogens with one attached hydrogen (secondary N) is 1. The average molecular weight is 322 g/mol. The van der Waals surface area contributed by atoms with Gasteiger partial charge in [-0.15, -0.1) is 0 Å². The number of rotatable bonds is 3. The molecule has 0 aliphatic carbocycles. The van der Waals surface area contributed by atoms with Crippen LogP contribution in [0, 0.1) is 12.7 Å².